The molecule has 0 aromatic heterocycles. The maximum Gasteiger partial charge on any atom is 0.315 e. The van der Waals surface area contributed by atoms with E-state index in [0.29, 0.717) is 25.6 Å². The van der Waals surface area contributed by atoms with Gasteiger partial charge in [0.25, 0.3) is 0 Å². The molecule has 5 nitrogen and oxygen atoms in total. The van der Waals surface area contributed by atoms with Gasteiger partial charge in [-0.05, 0) is 25.2 Å². The third-order valence-corrected chi connectivity index (χ3v) is 3.92. The summed E-state index contributed by atoms with van der Waals surface area (Å²) in [6.45, 7) is 1.67. The Morgan fingerprint density at radius 3 is 2.72 bits per heavy atom. The zero-order chi connectivity index (χ0) is 12.8. The van der Waals surface area contributed by atoms with E-state index in [9.17, 15) is 9.90 Å². The summed E-state index contributed by atoms with van der Waals surface area (Å²) in [5, 5.41) is 15.4. The lowest BCUT2D eigenvalue weighted by Gasteiger charge is -2.29. The molecule has 2 rings (SSSR count). The minimum absolute atomic E-state index is 0.161. The number of carbonyl (C=O) groups excluding carboxylic acids is 1. The van der Waals surface area contributed by atoms with E-state index in [1.807, 2.05) is 0 Å². The summed E-state index contributed by atoms with van der Waals surface area (Å²) in [5.74, 6) is 0.629. The van der Waals surface area contributed by atoms with Crippen LogP contribution in [0, 0.1) is 5.92 Å². The van der Waals surface area contributed by atoms with Crippen molar-refractivity contribution in [3.63, 3.8) is 0 Å². The molecule has 1 saturated carbocycles. The van der Waals surface area contributed by atoms with Gasteiger partial charge < -0.3 is 20.5 Å². The molecule has 2 fully saturated rings. The highest BCUT2D eigenvalue weighted by Crippen LogP contribution is 2.22. The summed E-state index contributed by atoms with van der Waals surface area (Å²) < 4.78 is 5.13. The topological polar surface area (TPSA) is 70.6 Å². The van der Waals surface area contributed by atoms with Crippen LogP contribution in [-0.2, 0) is 4.74 Å². The molecule has 2 aliphatic rings. The molecule has 0 bridgehead atoms. The molecule has 1 aliphatic carbocycles. The summed E-state index contributed by atoms with van der Waals surface area (Å²) in [7, 11) is 0. The van der Waals surface area contributed by atoms with Gasteiger partial charge in [-0.25, -0.2) is 4.79 Å². The maximum absolute atomic E-state index is 11.7. The standard InChI is InChI=1S/C13H24N2O3/c16-12-9-18-7-6-11(12)15-13(17)14-8-10-4-2-1-3-5-10/h10-12,16H,1-9H2,(H2,14,15,17)/t11-,12-/m1/s1. The normalized spacial score (nSPS) is 29.8. The Bertz CT molecular complexity index is 267. The number of aliphatic hydroxyl groups is 1. The Hall–Kier alpha value is -0.810. The smallest absolute Gasteiger partial charge is 0.315 e. The van der Waals surface area contributed by atoms with Crippen molar-refractivity contribution in [2.45, 2.75) is 50.7 Å². The largest absolute Gasteiger partial charge is 0.389 e. The molecule has 0 radical (unpaired) electrons. The zero-order valence-electron chi connectivity index (χ0n) is 10.9. The molecule has 104 valence electrons. The molecule has 1 heterocycles. The monoisotopic (exact) mass is 256 g/mol. The summed E-state index contributed by atoms with van der Waals surface area (Å²) in [6, 6.07) is -0.336. The second-order valence-corrected chi connectivity index (χ2v) is 5.40. The van der Waals surface area contributed by atoms with Crippen LogP contribution in [0.15, 0.2) is 0 Å². The number of ether oxygens (including phenoxy) is 1. The van der Waals surface area contributed by atoms with Gasteiger partial charge in [-0.2, -0.15) is 0 Å². The van der Waals surface area contributed by atoms with E-state index in [4.69, 9.17) is 4.74 Å². The van der Waals surface area contributed by atoms with Crippen molar-refractivity contribution in [1.82, 2.24) is 10.6 Å². The van der Waals surface area contributed by atoms with Crippen LogP contribution >= 0.6 is 0 Å². The van der Waals surface area contributed by atoms with E-state index >= 15 is 0 Å². The second-order valence-electron chi connectivity index (χ2n) is 5.40. The Kier molecular flexibility index (Phi) is 5.26. The summed E-state index contributed by atoms with van der Waals surface area (Å²) in [5.41, 5.74) is 0. The Labute approximate surface area is 108 Å². The third-order valence-electron chi connectivity index (χ3n) is 3.92. The molecule has 1 aliphatic heterocycles. The van der Waals surface area contributed by atoms with Crippen LogP contribution in [0.4, 0.5) is 4.79 Å². The molecule has 5 heteroatoms. The molecule has 0 unspecified atom stereocenters. The maximum atomic E-state index is 11.7. The van der Waals surface area contributed by atoms with E-state index < -0.39 is 6.10 Å². The van der Waals surface area contributed by atoms with E-state index in [-0.39, 0.29) is 12.1 Å². The minimum Gasteiger partial charge on any atom is -0.389 e. The van der Waals surface area contributed by atoms with Crippen molar-refractivity contribution in [2.75, 3.05) is 19.8 Å². The number of amides is 2. The highest BCUT2D eigenvalue weighted by molar-refractivity contribution is 5.74. The molecule has 3 N–H and O–H groups in total. The lowest BCUT2D eigenvalue weighted by Crippen LogP contribution is -2.52. The van der Waals surface area contributed by atoms with Crippen molar-refractivity contribution in [1.29, 1.82) is 0 Å². The van der Waals surface area contributed by atoms with Crippen LogP contribution in [0.1, 0.15) is 38.5 Å². The van der Waals surface area contributed by atoms with Gasteiger partial charge in [0.2, 0.25) is 0 Å². The summed E-state index contributed by atoms with van der Waals surface area (Å²) in [6.07, 6.45) is 6.44. The van der Waals surface area contributed by atoms with Crippen molar-refractivity contribution >= 4 is 6.03 Å². The van der Waals surface area contributed by atoms with Gasteiger partial charge in [0.1, 0.15) is 0 Å². The molecule has 0 aromatic carbocycles. The number of aliphatic hydroxyl groups excluding tert-OH is 1. The number of nitrogens with one attached hydrogen (secondary N) is 2. The average Bonchev–Trinajstić information content (AvgIpc) is 2.40. The van der Waals surface area contributed by atoms with Crippen molar-refractivity contribution in [3.05, 3.63) is 0 Å². The quantitative estimate of drug-likeness (QED) is 0.706. The average molecular weight is 256 g/mol. The van der Waals surface area contributed by atoms with Crippen LogP contribution < -0.4 is 10.6 Å². The predicted octanol–water partition coefficient (Wildman–Crippen LogP) is 1.02. The molecule has 0 aromatic rings. The summed E-state index contributed by atoms with van der Waals surface area (Å²) in [4.78, 5) is 11.7. The highest BCUT2D eigenvalue weighted by atomic mass is 16.5. The van der Waals surface area contributed by atoms with Gasteiger partial charge in [0.05, 0.1) is 18.8 Å². The first-order chi connectivity index (χ1) is 8.75. The molecule has 18 heavy (non-hydrogen) atoms. The zero-order valence-corrected chi connectivity index (χ0v) is 10.9. The molecule has 1 saturated heterocycles. The molecular weight excluding hydrogens is 232 g/mol. The van der Waals surface area contributed by atoms with Crippen LogP contribution in [0.3, 0.4) is 0 Å². The first-order valence-electron chi connectivity index (χ1n) is 7.06. The molecule has 0 spiro atoms. The van der Waals surface area contributed by atoms with E-state index in [1.54, 1.807) is 0 Å². The fourth-order valence-corrected chi connectivity index (χ4v) is 2.74. The summed E-state index contributed by atoms with van der Waals surface area (Å²) >= 11 is 0. The number of hydrogen-bond acceptors (Lipinski definition) is 3. The van der Waals surface area contributed by atoms with E-state index in [1.165, 1.54) is 32.1 Å². The van der Waals surface area contributed by atoms with Crippen molar-refractivity contribution < 1.29 is 14.6 Å². The van der Waals surface area contributed by atoms with Gasteiger partial charge in [-0.1, -0.05) is 19.3 Å². The SMILES string of the molecule is O=C(NCC1CCCCC1)N[C@@H]1CCOC[C@H]1O. The van der Waals surface area contributed by atoms with Crippen LogP contribution in [-0.4, -0.2) is 43.0 Å². The number of carbonyl (C=O) groups is 1. The fraction of sp³-hybridized carbons (Fsp3) is 0.923. The minimum atomic E-state index is -0.584. The van der Waals surface area contributed by atoms with Gasteiger partial charge in [-0.15, -0.1) is 0 Å². The van der Waals surface area contributed by atoms with Crippen LogP contribution in [0.5, 0.6) is 0 Å². The van der Waals surface area contributed by atoms with Gasteiger partial charge in [0.15, 0.2) is 0 Å². The lowest BCUT2D eigenvalue weighted by atomic mass is 9.89. The van der Waals surface area contributed by atoms with Crippen LogP contribution in [0.25, 0.3) is 0 Å². The molecule has 2 atom stereocenters. The molecular formula is C13H24N2O3. The predicted molar refractivity (Wildman–Crippen MR) is 68.3 cm³/mol. The number of hydrogen-bond donors (Lipinski definition) is 3. The van der Waals surface area contributed by atoms with Gasteiger partial charge in [0, 0.05) is 13.2 Å². The number of rotatable bonds is 3. The van der Waals surface area contributed by atoms with Crippen molar-refractivity contribution in [3.8, 4) is 0 Å². The Morgan fingerprint density at radius 2 is 2.00 bits per heavy atom. The highest BCUT2D eigenvalue weighted by Gasteiger charge is 2.25. The first-order valence-corrected chi connectivity index (χ1v) is 7.06. The van der Waals surface area contributed by atoms with Gasteiger partial charge >= 0.3 is 6.03 Å². The van der Waals surface area contributed by atoms with Crippen LogP contribution in [0.2, 0.25) is 0 Å². The van der Waals surface area contributed by atoms with Crippen molar-refractivity contribution in [2.24, 2.45) is 5.92 Å². The second kappa shape index (κ2) is 6.95. The number of urea groups is 1. The first kappa shape index (κ1) is 13.6. The lowest BCUT2D eigenvalue weighted by molar-refractivity contribution is -0.0247. The van der Waals surface area contributed by atoms with E-state index in [0.717, 1.165) is 6.54 Å². The fourth-order valence-electron chi connectivity index (χ4n) is 2.74. The Morgan fingerprint density at radius 1 is 1.22 bits per heavy atom. The van der Waals surface area contributed by atoms with E-state index in [2.05, 4.69) is 10.6 Å². The third kappa shape index (κ3) is 4.14. The molecule has 2 amide bonds. The van der Waals surface area contributed by atoms with Gasteiger partial charge in [-0.3, -0.25) is 0 Å². The Balaban J connectivity index is 1.64.